The second-order valence-electron chi connectivity index (χ2n) is 10.1. The van der Waals surface area contributed by atoms with Crippen molar-refractivity contribution in [1.82, 2.24) is 25.5 Å². The molecule has 170 valence electrons. The Bertz CT molecular complexity index is 1090. The Morgan fingerprint density at radius 2 is 1.78 bits per heavy atom. The molecule has 32 heavy (non-hydrogen) atoms. The number of piperidine rings is 1. The van der Waals surface area contributed by atoms with Gasteiger partial charge in [-0.05, 0) is 72.6 Å². The third kappa shape index (κ3) is 4.67. The average molecular weight is 435 g/mol. The molecule has 1 aromatic carbocycles. The summed E-state index contributed by atoms with van der Waals surface area (Å²) < 4.78 is 5.91. The van der Waals surface area contributed by atoms with Crippen LogP contribution in [0.3, 0.4) is 0 Å². The maximum Gasteiger partial charge on any atom is 0.151 e. The van der Waals surface area contributed by atoms with Crippen molar-refractivity contribution in [3.63, 3.8) is 0 Å². The van der Waals surface area contributed by atoms with E-state index in [4.69, 9.17) is 4.74 Å². The number of aromatic nitrogens is 4. The Balaban J connectivity index is 1.64. The first-order valence-corrected chi connectivity index (χ1v) is 11.3. The maximum atomic E-state index is 5.91. The standard InChI is InChI=1S/C25H34N6O/c1-8-32-22-12-21-20(26-15-16(2)27-21)11-18(22)19-9-10-23(29-28-19)31(7)17-13-24(3,4)30-25(5,6)14-17/h9-12,15,17,30H,8,13-14H2,1-7H3. The number of hydrogen-bond donors (Lipinski definition) is 1. The van der Waals surface area contributed by atoms with Gasteiger partial charge >= 0.3 is 0 Å². The minimum Gasteiger partial charge on any atom is -0.493 e. The van der Waals surface area contributed by atoms with E-state index in [1.807, 2.05) is 38.1 Å². The van der Waals surface area contributed by atoms with Gasteiger partial charge < -0.3 is 15.0 Å². The number of nitrogens with one attached hydrogen (secondary N) is 1. The molecule has 3 heterocycles. The zero-order valence-corrected chi connectivity index (χ0v) is 20.2. The average Bonchev–Trinajstić information content (AvgIpc) is 2.71. The molecular formula is C25H34N6O. The summed E-state index contributed by atoms with van der Waals surface area (Å²) in [6.07, 6.45) is 3.87. The molecule has 2 aromatic heterocycles. The number of benzene rings is 1. The maximum absolute atomic E-state index is 5.91. The molecule has 1 N–H and O–H groups in total. The lowest BCUT2D eigenvalue weighted by Gasteiger charge is -2.49. The first-order chi connectivity index (χ1) is 15.1. The minimum atomic E-state index is 0.0743. The Kier molecular flexibility index (Phi) is 5.79. The number of ether oxygens (including phenoxy) is 1. The molecule has 7 nitrogen and oxygen atoms in total. The van der Waals surface area contributed by atoms with Gasteiger partial charge in [-0.15, -0.1) is 10.2 Å². The molecule has 1 aliphatic heterocycles. The zero-order valence-electron chi connectivity index (χ0n) is 20.2. The minimum absolute atomic E-state index is 0.0743. The van der Waals surface area contributed by atoms with Gasteiger partial charge in [0, 0.05) is 42.0 Å². The molecule has 1 aliphatic rings. The van der Waals surface area contributed by atoms with Crippen LogP contribution in [0.15, 0.2) is 30.5 Å². The van der Waals surface area contributed by atoms with Gasteiger partial charge in [-0.25, -0.2) is 4.98 Å². The van der Waals surface area contributed by atoms with E-state index in [2.05, 4.69) is 65.1 Å². The van der Waals surface area contributed by atoms with Crippen LogP contribution in [-0.2, 0) is 0 Å². The number of nitrogens with zero attached hydrogens (tertiary/aromatic N) is 5. The molecule has 0 spiro atoms. The number of aryl methyl sites for hydroxylation is 1. The number of anilines is 1. The monoisotopic (exact) mass is 434 g/mol. The summed E-state index contributed by atoms with van der Waals surface area (Å²) in [5.74, 6) is 1.62. The molecule has 0 radical (unpaired) electrons. The van der Waals surface area contributed by atoms with Crippen LogP contribution in [0.4, 0.5) is 5.82 Å². The second-order valence-corrected chi connectivity index (χ2v) is 10.1. The van der Waals surface area contributed by atoms with E-state index in [1.165, 1.54) is 0 Å². The van der Waals surface area contributed by atoms with Gasteiger partial charge in [0.1, 0.15) is 5.75 Å². The van der Waals surface area contributed by atoms with Crippen LogP contribution in [0.5, 0.6) is 5.75 Å². The fraction of sp³-hybridized carbons (Fsp3) is 0.520. The van der Waals surface area contributed by atoms with Crippen LogP contribution in [0.1, 0.15) is 53.2 Å². The van der Waals surface area contributed by atoms with E-state index in [0.29, 0.717) is 12.6 Å². The second kappa shape index (κ2) is 8.28. The molecular weight excluding hydrogens is 400 g/mol. The molecule has 1 saturated heterocycles. The van der Waals surface area contributed by atoms with E-state index in [1.54, 1.807) is 6.20 Å². The topological polar surface area (TPSA) is 76.1 Å². The van der Waals surface area contributed by atoms with Crippen LogP contribution in [0.2, 0.25) is 0 Å². The van der Waals surface area contributed by atoms with Crippen LogP contribution < -0.4 is 15.0 Å². The van der Waals surface area contributed by atoms with Crippen molar-refractivity contribution < 1.29 is 4.74 Å². The first kappa shape index (κ1) is 22.4. The summed E-state index contributed by atoms with van der Waals surface area (Å²) in [6, 6.07) is 8.37. The first-order valence-electron chi connectivity index (χ1n) is 11.3. The van der Waals surface area contributed by atoms with Crippen molar-refractivity contribution in [2.24, 2.45) is 0 Å². The summed E-state index contributed by atoms with van der Waals surface area (Å²) in [5.41, 5.74) is 4.30. The van der Waals surface area contributed by atoms with Gasteiger partial charge in [0.2, 0.25) is 0 Å². The molecule has 0 bridgehead atoms. The van der Waals surface area contributed by atoms with E-state index >= 15 is 0 Å². The normalized spacial score (nSPS) is 18.0. The van der Waals surface area contributed by atoms with Gasteiger partial charge in [-0.3, -0.25) is 4.98 Å². The summed E-state index contributed by atoms with van der Waals surface area (Å²) in [5, 5.41) is 12.9. The summed E-state index contributed by atoms with van der Waals surface area (Å²) in [7, 11) is 2.12. The Morgan fingerprint density at radius 3 is 2.41 bits per heavy atom. The fourth-order valence-electron chi connectivity index (χ4n) is 4.99. The third-order valence-electron chi connectivity index (χ3n) is 6.07. The lowest BCUT2D eigenvalue weighted by atomic mass is 9.79. The van der Waals surface area contributed by atoms with Crippen molar-refractivity contribution in [2.45, 2.75) is 71.5 Å². The summed E-state index contributed by atoms with van der Waals surface area (Å²) >= 11 is 0. The molecule has 0 amide bonds. The largest absolute Gasteiger partial charge is 0.493 e. The van der Waals surface area contributed by atoms with Crippen LogP contribution >= 0.6 is 0 Å². The van der Waals surface area contributed by atoms with E-state index < -0.39 is 0 Å². The number of rotatable bonds is 5. The lowest BCUT2D eigenvalue weighted by Crippen LogP contribution is -2.62. The fourth-order valence-corrected chi connectivity index (χ4v) is 4.99. The molecule has 0 unspecified atom stereocenters. The molecule has 0 saturated carbocycles. The molecule has 3 aromatic rings. The van der Waals surface area contributed by atoms with E-state index in [-0.39, 0.29) is 11.1 Å². The lowest BCUT2D eigenvalue weighted by molar-refractivity contribution is 0.160. The summed E-state index contributed by atoms with van der Waals surface area (Å²) in [4.78, 5) is 11.4. The van der Waals surface area contributed by atoms with Gasteiger partial charge in [-0.1, -0.05) is 0 Å². The zero-order chi connectivity index (χ0) is 23.1. The van der Waals surface area contributed by atoms with Crippen molar-refractivity contribution >= 4 is 16.9 Å². The smallest absolute Gasteiger partial charge is 0.151 e. The van der Waals surface area contributed by atoms with Crippen LogP contribution in [-0.4, -0.2) is 50.9 Å². The van der Waals surface area contributed by atoms with Crippen LogP contribution in [0, 0.1) is 6.92 Å². The van der Waals surface area contributed by atoms with Crippen LogP contribution in [0.25, 0.3) is 22.3 Å². The van der Waals surface area contributed by atoms with Gasteiger partial charge in [0.25, 0.3) is 0 Å². The molecule has 7 heteroatoms. The Hall–Kier alpha value is -2.80. The predicted octanol–water partition coefficient (Wildman–Crippen LogP) is 4.54. The quantitative estimate of drug-likeness (QED) is 0.632. The highest BCUT2D eigenvalue weighted by Crippen LogP contribution is 2.35. The summed E-state index contributed by atoms with van der Waals surface area (Å²) in [6.45, 7) is 13.5. The van der Waals surface area contributed by atoms with Crippen molar-refractivity contribution in [2.75, 3.05) is 18.6 Å². The van der Waals surface area contributed by atoms with Gasteiger partial charge in [-0.2, -0.15) is 0 Å². The Labute approximate surface area is 190 Å². The molecule has 0 aliphatic carbocycles. The predicted molar refractivity (Wildman–Crippen MR) is 129 cm³/mol. The number of fused-ring (bicyclic) bond motifs is 1. The third-order valence-corrected chi connectivity index (χ3v) is 6.07. The van der Waals surface area contributed by atoms with Crippen molar-refractivity contribution in [3.8, 4) is 17.0 Å². The molecule has 4 rings (SSSR count). The van der Waals surface area contributed by atoms with E-state index in [0.717, 1.165) is 52.4 Å². The highest BCUT2D eigenvalue weighted by atomic mass is 16.5. The van der Waals surface area contributed by atoms with Crippen molar-refractivity contribution in [1.29, 1.82) is 0 Å². The van der Waals surface area contributed by atoms with Gasteiger partial charge in [0.05, 0.1) is 29.0 Å². The molecule has 1 fully saturated rings. The Morgan fingerprint density at radius 1 is 1.06 bits per heavy atom. The van der Waals surface area contributed by atoms with Gasteiger partial charge in [0.15, 0.2) is 5.82 Å². The highest BCUT2D eigenvalue weighted by molar-refractivity contribution is 5.84. The SMILES string of the molecule is CCOc1cc2nc(C)cnc2cc1-c1ccc(N(C)C2CC(C)(C)NC(C)(C)C2)nn1. The molecule has 0 atom stereocenters. The van der Waals surface area contributed by atoms with E-state index in [9.17, 15) is 0 Å². The van der Waals surface area contributed by atoms with Crippen molar-refractivity contribution in [3.05, 3.63) is 36.2 Å². The highest BCUT2D eigenvalue weighted by Gasteiger charge is 2.39. The number of hydrogen-bond acceptors (Lipinski definition) is 7.